The van der Waals surface area contributed by atoms with Crippen molar-refractivity contribution in [2.45, 2.75) is 0 Å². The van der Waals surface area contributed by atoms with Crippen LogP contribution in [0, 0.1) is 0 Å². The summed E-state index contributed by atoms with van der Waals surface area (Å²) in [6, 6.07) is 24.8. The second-order valence-electron chi connectivity index (χ2n) is 6.42. The summed E-state index contributed by atoms with van der Waals surface area (Å²) in [6.45, 7) is 4.28. The molecule has 0 unspecified atom stereocenters. The number of nitrogens with one attached hydrogen (secondary N) is 2. The SMILES string of the molecule is C=C(c1cccc(NC)c1)c1ccc2c(/C=C/c3ccccc3)n[nH]c2c1. The van der Waals surface area contributed by atoms with Crippen molar-refractivity contribution < 1.29 is 0 Å². The van der Waals surface area contributed by atoms with Crippen molar-refractivity contribution in [2.75, 3.05) is 12.4 Å². The number of anilines is 1. The number of H-pyrrole nitrogens is 1. The summed E-state index contributed by atoms with van der Waals surface area (Å²) < 4.78 is 0. The van der Waals surface area contributed by atoms with Crippen molar-refractivity contribution in [2.24, 2.45) is 0 Å². The maximum atomic E-state index is 4.46. The summed E-state index contributed by atoms with van der Waals surface area (Å²) in [4.78, 5) is 0. The normalized spacial score (nSPS) is 11.1. The van der Waals surface area contributed by atoms with Crippen LogP contribution in [0.5, 0.6) is 0 Å². The molecule has 3 heteroatoms. The summed E-state index contributed by atoms with van der Waals surface area (Å²) >= 11 is 0. The standard InChI is InChI=1S/C24H21N3/c1-17(19-9-6-10-21(15-19)25-2)20-12-13-22-23(26-27-24(22)16-20)14-11-18-7-4-3-5-8-18/h3-16,25H,1H2,2H3,(H,26,27)/b14-11+. The van der Waals surface area contributed by atoms with Gasteiger partial charge in [0, 0.05) is 18.1 Å². The Morgan fingerprint density at radius 3 is 2.56 bits per heavy atom. The Hall–Kier alpha value is -3.59. The number of nitrogens with zero attached hydrogens (tertiary/aromatic N) is 1. The van der Waals surface area contributed by atoms with Gasteiger partial charge in [-0.05, 0) is 52.6 Å². The van der Waals surface area contributed by atoms with Gasteiger partial charge in [0.25, 0.3) is 0 Å². The molecule has 0 aliphatic carbocycles. The van der Waals surface area contributed by atoms with Crippen LogP contribution in [0.3, 0.4) is 0 Å². The number of aromatic amines is 1. The highest BCUT2D eigenvalue weighted by Crippen LogP contribution is 2.27. The molecule has 1 heterocycles. The van der Waals surface area contributed by atoms with Crippen molar-refractivity contribution in [3.63, 3.8) is 0 Å². The van der Waals surface area contributed by atoms with Crippen LogP contribution in [-0.4, -0.2) is 17.2 Å². The summed E-state index contributed by atoms with van der Waals surface area (Å²) in [6.07, 6.45) is 4.12. The average Bonchev–Trinajstić information content (AvgIpc) is 3.14. The summed E-state index contributed by atoms with van der Waals surface area (Å²) in [7, 11) is 1.92. The van der Waals surface area contributed by atoms with Crippen molar-refractivity contribution in [3.05, 3.63) is 102 Å². The van der Waals surface area contributed by atoms with Gasteiger partial charge in [-0.15, -0.1) is 0 Å². The molecule has 3 nitrogen and oxygen atoms in total. The third-order valence-corrected chi connectivity index (χ3v) is 4.67. The van der Waals surface area contributed by atoms with E-state index < -0.39 is 0 Å². The Labute approximate surface area is 159 Å². The number of hydrogen-bond donors (Lipinski definition) is 2. The van der Waals surface area contributed by atoms with Crippen LogP contribution < -0.4 is 5.32 Å². The van der Waals surface area contributed by atoms with E-state index in [2.05, 4.69) is 70.6 Å². The molecule has 0 bridgehead atoms. The maximum absolute atomic E-state index is 4.46. The lowest BCUT2D eigenvalue weighted by atomic mass is 9.98. The van der Waals surface area contributed by atoms with Gasteiger partial charge in [0.05, 0.1) is 11.2 Å². The maximum Gasteiger partial charge on any atom is 0.0927 e. The van der Waals surface area contributed by atoms with Gasteiger partial charge < -0.3 is 5.32 Å². The van der Waals surface area contributed by atoms with Crippen LogP contribution in [0.15, 0.2) is 79.4 Å². The summed E-state index contributed by atoms with van der Waals surface area (Å²) in [5, 5.41) is 11.9. The molecule has 0 spiro atoms. The molecule has 0 radical (unpaired) electrons. The highest BCUT2D eigenvalue weighted by molar-refractivity contribution is 5.92. The first-order chi connectivity index (χ1) is 13.2. The van der Waals surface area contributed by atoms with Crippen LogP contribution >= 0.6 is 0 Å². The summed E-state index contributed by atoms with van der Waals surface area (Å²) in [5.74, 6) is 0. The van der Waals surface area contributed by atoms with Gasteiger partial charge >= 0.3 is 0 Å². The number of fused-ring (bicyclic) bond motifs is 1. The molecule has 4 aromatic rings. The predicted octanol–water partition coefficient (Wildman–Crippen LogP) is 5.84. The first-order valence-electron chi connectivity index (χ1n) is 8.93. The number of rotatable bonds is 5. The molecule has 27 heavy (non-hydrogen) atoms. The minimum Gasteiger partial charge on any atom is -0.388 e. The highest BCUT2D eigenvalue weighted by atomic mass is 15.1. The minimum atomic E-state index is 0.934. The molecule has 132 valence electrons. The largest absolute Gasteiger partial charge is 0.388 e. The van der Waals surface area contributed by atoms with Gasteiger partial charge in [0.15, 0.2) is 0 Å². The second kappa shape index (κ2) is 7.34. The first kappa shape index (κ1) is 16.9. The molecule has 0 fully saturated rings. The van der Waals surface area contributed by atoms with E-state index in [-0.39, 0.29) is 0 Å². The van der Waals surface area contributed by atoms with E-state index in [1.165, 1.54) is 0 Å². The quantitative estimate of drug-likeness (QED) is 0.474. The van der Waals surface area contributed by atoms with E-state index >= 15 is 0 Å². The highest BCUT2D eigenvalue weighted by Gasteiger charge is 2.08. The fourth-order valence-corrected chi connectivity index (χ4v) is 3.12. The van der Waals surface area contributed by atoms with E-state index in [1.54, 1.807) is 0 Å². The lowest BCUT2D eigenvalue weighted by Crippen LogP contribution is -1.91. The molecule has 0 aliphatic rings. The zero-order valence-corrected chi connectivity index (χ0v) is 15.2. The molecule has 0 saturated carbocycles. The van der Waals surface area contributed by atoms with Crippen molar-refractivity contribution in [3.8, 4) is 0 Å². The smallest absolute Gasteiger partial charge is 0.0927 e. The monoisotopic (exact) mass is 351 g/mol. The van der Waals surface area contributed by atoms with Gasteiger partial charge in [-0.3, -0.25) is 5.10 Å². The molecular formula is C24H21N3. The Bertz CT molecular complexity index is 1120. The number of hydrogen-bond acceptors (Lipinski definition) is 2. The fraction of sp³-hybridized carbons (Fsp3) is 0.0417. The zero-order valence-electron chi connectivity index (χ0n) is 15.2. The average molecular weight is 351 g/mol. The molecule has 2 N–H and O–H groups in total. The van der Waals surface area contributed by atoms with Gasteiger partial charge in [-0.2, -0.15) is 5.10 Å². The van der Waals surface area contributed by atoms with E-state index in [9.17, 15) is 0 Å². The number of benzene rings is 3. The first-order valence-corrected chi connectivity index (χ1v) is 8.93. The lowest BCUT2D eigenvalue weighted by Gasteiger charge is -2.08. The Kier molecular flexibility index (Phi) is 4.58. The molecule has 4 rings (SSSR count). The van der Waals surface area contributed by atoms with Crippen molar-refractivity contribution >= 4 is 34.3 Å². The zero-order chi connectivity index (χ0) is 18.6. The third-order valence-electron chi connectivity index (χ3n) is 4.67. The van der Waals surface area contributed by atoms with Gasteiger partial charge in [0.2, 0.25) is 0 Å². The van der Waals surface area contributed by atoms with Crippen LogP contribution in [-0.2, 0) is 0 Å². The second-order valence-corrected chi connectivity index (χ2v) is 6.42. The fourth-order valence-electron chi connectivity index (χ4n) is 3.12. The molecule has 0 aliphatic heterocycles. The van der Waals surface area contributed by atoms with Gasteiger partial charge in [-0.25, -0.2) is 0 Å². The molecule has 3 aromatic carbocycles. The van der Waals surface area contributed by atoms with E-state index in [0.717, 1.165) is 44.5 Å². The van der Waals surface area contributed by atoms with Gasteiger partial charge in [0.1, 0.15) is 0 Å². The predicted molar refractivity (Wildman–Crippen MR) is 116 cm³/mol. The molecule has 0 atom stereocenters. The Balaban J connectivity index is 1.64. The number of aromatic nitrogens is 2. The molecule has 0 saturated heterocycles. The van der Waals surface area contributed by atoms with Crippen molar-refractivity contribution in [1.82, 2.24) is 10.2 Å². The lowest BCUT2D eigenvalue weighted by molar-refractivity contribution is 1.11. The van der Waals surface area contributed by atoms with Crippen LogP contribution in [0.2, 0.25) is 0 Å². The van der Waals surface area contributed by atoms with Crippen LogP contribution in [0.4, 0.5) is 5.69 Å². The van der Waals surface area contributed by atoms with Gasteiger partial charge in [-0.1, -0.05) is 61.2 Å². The van der Waals surface area contributed by atoms with E-state index in [0.29, 0.717) is 0 Å². The van der Waals surface area contributed by atoms with Crippen LogP contribution in [0.1, 0.15) is 22.4 Å². The Morgan fingerprint density at radius 2 is 1.74 bits per heavy atom. The minimum absolute atomic E-state index is 0.934. The molecular weight excluding hydrogens is 330 g/mol. The Morgan fingerprint density at radius 1 is 0.926 bits per heavy atom. The third kappa shape index (κ3) is 3.53. The van der Waals surface area contributed by atoms with E-state index in [1.807, 2.05) is 43.5 Å². The van der Waals surface area contributed by atoms with Crippen molar-refractivity contribution in [1.29, 1.82) is 0 Å². The summed E-state index contributed by atoms with van der Waals surface area (Å²) in [5.41, 5.74) is 7.34. The topological polar surface area (TPSA) is 40.7 Å². The van der Waals surface area contributed by atoms with Crippen LogP contribution in [0.25, 0.3) is 28.6 Å². The van der Waals surface area contributed by atoms with E-state index in [4.69, 9.17) is 0 Å². The molecule has 1 aromatic heterocycles. The molecule has 0 amide bonds.